The maximum absolute atomic E-state index is 11.9. The SMILES string of the molecule is CCc1ccc(CNS(=O)(=O)N(C)CCC(=O)OC)s1. The highest BCUT2D eigenvalue weighted by molar-refractivity contribution is 7.87. The van der Waals surface area contributed by atoms with Crippen molar-refractivity contribution in [2.24, 2.45) is 0 Å². The van der Waals surface area contributed by atoms with Gasteiger partial charge in [-0.1, -0.05) is 6.92 Å². The topological polar surface area (TPSA) is 75.7 Å². The van der Waals surface area contributed by atoms with Crippen LogP contribution < -0.4 is 4.72 Å². The second kappa shape index (κ2) is 7.72. The third-order valence-electron chi connectivity index (χ3n) is 2.76. The molecule has 8 heteroatoms. The van der Waals surface area contributed by atoms with Gasteiger partial charge in [0.25, 0.3) is 10.2 Å². The highest BCUT2D eigenvalue weighted by Crippen LogP contribution is 2.16. The molecular formula is C12H20N2O4S2. The smallest absolute Gasteiger partial charge is 0.306 e. The zero-order chi connectivity index (χ0) is 15.2. The number of aryl methyl sites for hydroxylation is 1. The van der Waals surface area contributed by atoms with Crippen LogP contribution in [0.3, 0.4) is 0 Å². The maximum Gasteiger partial charge on any atom is 0.306 e. The monoisotopic (exact) mass is 320 g/mol. The van der Waals surface area contributed by atoms with Gasteiger partial charge in [-0.05, 0) is 18.6 Å². The van der Waals surface area contributed by atoms with Crippen molar-refractivity contribution in [3.8, 4) is 0 Å². The highest BCUT2D eigenvalue weighted by atomic mass is 32.2. The van der Waals surface area contributed by atoms with Crippen molar-refractivity contribution in [3.63, 3.8) is 0 Å². The van der Waals surface area contributed by atoms with Gasteiger partial charge in [-0.15, -0.1) is 11.3 Å². The first-order chi connectivity index (χ1) is 9.39. The van der Waals surface area contributed by atoms with E-state index >= 15 is 0 Å². The fraction of sp³-hybridized carbons (Fsp3) is 0.583. The number of carbonyl (C=O) groups excluding carboxylic acids is 1. The molecule has 1 aromatic rings. The normalized spacial score (nSPS) is 11.8. The predicted molar refractivity (Wildman–Crippen MR) is 78.7 cm³/mol. The molecule has 1 rings (SSSR count). The van der Waals surface area contributed by atoms with Gasteiger partial charge < -0.3 is 4.74 Å². The quantitative estimate of drug-likeness (QED) is 0.729. The number of esters is 1. The lowest BCUT2D eigenvalue weighted by molar-refractivity contribution is -0.140. The van der Waals surface area contributed by atoms with Crippen LogP contribution in [0, 0.1) is 0 Å². The largest absolute Gasteiger partial charge is 0.469 e. The molecule has 0 fully saturated rings. The summed E-state index contributed by atoms with van der Waals surface area (Å²) in [6.45, 7) is 2.41. The van der Waals surface area contributed by atoms with Crippen molar-refractivity contribution in [2.45, 2.75) is 26.3 Å². The zero-order valence-electron chi connectivity index (χ0n) is 11.9. The van der Waals surface area contributed by atoms with E-state index in [2.05, 4.69) is 16.4 Å². The minimum atomic E-state index is -3.58. The molecule has 1 aromatic heterocycles. The summed E-state index contributed by atoms with van der Waals surface area (Å²) in [5.74, 6) is -0.433. The molecular weight excluding hydrogens is 300 g/mol. The summed E-state index contributed by atoms with van der Waals surface area (Å²) in [6, 6.07) is 3.91. The lowest BCUT2D eigenvalue weighted by Crippen LogP contribution is -2.38. The lowest BCUT2D eigenvalue weighted by atomic mass is 10.4. The molecule has 0 radical (unpaired) electrons. The zero-order valence-corrected chi connectivity index (χ0v) is 13.5. The van der Waals surface area contributed by atoms with Crippen LogP contribution >= 0.6 is 11.3 Å². The average molecular weight is 320 g/mol. The van der Waals surface area contributed by atoms with Crippen LogP contribution in [0.2, 0.25) is 0 Å². The van der Waals surface area contributed by atoms with Crippen LogP contribution in [0.1, 0.15) is 23.1 Å². The van der Waals surface area contributed by atoms with Gasteiger partial charge in [-0.3, -0.25) is 4.79 Å². The minimum absolute atomic E-state index is 0.0346. The molecule has 0 saturated carbocycles. The van der Waals surface area contributed by atoms with Crippen LogP contribution in [-0.4, -0.2) is 39.4 Å². The van der Waals surface area contributed by atoms with E-state index in [1.54, 1.807) is 11.3 Å². The minimum Gasteiger partial charge on any atom is -0.469 e. The van der Waals surface area contributed by atoms with Crippen molar-refractivity contribution in [2.75, 3.05) is 20.7 Å². The lowest BCUT2D eigenvalue weighted by Gasteiger charge is -2.16. The van der Waals surface area contributed by atoms with E-state index in [4.69, 9.17) is 0 Å². The first-order valence-electron chi connectivity index (χ1n) is 6.24. The number of methoxy groups -OCH3 is 1. The third kappa shape index (κ3) is 5.20. The molecule has 0 aromatic carbocycles. The van der Waals surface area contributed by atoms with Crippen LogP contribution in [0.25, 0.3) is 0 Å². The molecule has 0 amide bonds. The molecule has 6 nitrogen and oxygen atoms in total. The van der Waals surface area contributed by atoms with Gasteiger partial charge in [0.1, 0.15) is 0 Å². The summed E-state index contributed by atoms with van der Waals surface area (Å²) in [5, 5.41) is 0. The predicted octanol–water partition coefficient (Wildman–Crippen LogP) is 1.14. The molecule has 0 saturated heterocycles. The van der Waals surface area contributed by atoms with Gasteiger partial charge in [0.15, 0.2) is 0 Å². The molecule has 0 spiro atoms. The first kappa shape index (κ1) is 17.1. The van der Waals surface area contributed by atoms with Crippen LogP contribution in [0.5, 0.6) is 0 Å². The fourth-order valence-corrected chi connectivity index (χ4v) is 3.33. The molecule has 114 valence electrons. The van der Waals surface area contributed by atoms with Crippen LogP contribution in [0.4, 0.5) is 0 Å². The summed E-state index contributed by atoms with van der Waals surface area (Å²) in [6.07, 6.45) is 0.976. The first-order valence-corrected chi connectivity index (χ1v) is 8.50. The number of carbonyl (C=O) groups is 1. The van der Waals surface area contributed by atoms with Gasteiger partial charge in [-0.2, -0.15) is 17.4 Å². The van der Waals surface area contributed by atoms with Gasteiger partial charge >= 0.3 is 5.97 Å². The summed E-state index contributed by atoms with van der Waals surface area (Å²) in [5.41, 5.74) is 0. The average Bonchev–Trinajstić information content (AvgIpc) is 2.90. The second-order valence-electron chi connectivity index (χ2n) is 4.20. The Labute approximate surface area is 123 Å². The molecule has 0 aliphatic heterocycles. The summed E-state index contributed by atoms with van der Waals surface area (Å²) in [4.78, 5) is 13.2. The number of hydrogen-bond acceptors (Lipinski definition) is 5. The molecule has 0 bridgehead atoms. The Kier molecular flexibility index (Phi) is 6.60. The van der Waals surface area contributed by atoms with Gasteiger partial charge in [0.05, 0.1) is 13.5 Å². The van der Waals surface area contributed by atoms with E-state index in [-0.39, 0.29) is 19.5 Å². The third-order valence-corrected chi connectivity index (χ3v) is 5.51. The molecule has 1 heterocycles. The molecule has 0 unspecified atom stereocenters. The van der Waals surface area contributed by atoms with Crippen molar-refractivity contribution < 1.29 is 17.9 Å². The number of hydrogen-bond donors (Lipinski definition) is 1. The Balaban J connectivity index is 2.49. The molecule has 0 aliphatic carbocycles. The van der Waals surface area contributed by atoms with Crippen molar-refractivity contribution in [1.82, 2.24) is 9.03 Å². The van der Waals surface area contributed by atoms with Crippen molar-refractivity contribution in [1.29, 1.82) is 0 Å². The summed E-state index contributed by atoms with van der Waals surface area (Å²) >= 11 is 1.59. The number of rotatable bonds is 8. The van der Waals surface area contributed by atoms with E-state index < -0.39 is 16.2 Å². The van der Waals surface area contributed by atoms with Crippen molar-refractivity contribution >= 4 is 27.5 Å². The van der Waals surface area contributed by atoms with E-state index in [1.165, 1.54) is 19.0 Å². The van der Waals surface area contributed by atoms with Gasteiger partial charge in [-0.25, -0.2) is 0 Å². The Hall–Kier alpha value is -0.960. The second-order valence-corrected chi connectivity index (χ2v) is 7.31. The Morgan fingerprint density at radius 3 is 2.60 bits per heavy atom. The Bertz CT molecular complexity index is 539. The molecule has 0 aliphatic rings. The summed E-state index contributed by atoms with van der Waals surface area (Å²) < 4.78 is 32.0. The van der Waals surface area contributed by atoms with Gasteiger partial charge in [0.2, 0.25) is 0 Å². The number of nitrogens with one attached hydrogen (secondary N) is 1. The van der Waals surface area contributed by atoms with E-state index in [0.717, 1.165) is 15.6 Å². The highest BCUT2D eigenvalue weighted by Gasteiger charge is 2.18. The standard InChI is InChI=1S/C12H20N2O4S2/c1-4-10-5-6-11(19-10)9-13-20(16,17)14(2)8-7-12(15)18-3/h5-6,13H,4,7-9H2,1-3H3. The molecule has 1 N–H and O–H groups in total. The Morgan fingerprint density at radius 1 is 1.40 bits per heavy atom. The van der Waals surface area contributed by atoms with E-state index in [0.29, 0.717) is 0 Å². The molecule has 0 atom stereocenters. The number of nitrogens with zero attached hydrogens (tertiary/aromatic N) is 1. The maximum atomic E-state index is 11.9. The van der Waals surface area contributed by atoms with E-state index in [1.807, 2.05) is 12.1 Å². The van der Waals surface area contributed by atoms with Crippen molar-refractivity contribution in [3.05, 3.63) is 21.9 Å². The molecule has 20 heavy (non-hydrogen) atoms. The fourth-order valence-electron chi connectivity index (χ4n) is 1.45. The van der Waals surface area contributed by atoms with Crippen LogP contribution in [-0.2, 0) is 32.7 Å². The van der Waals surface area contributed by atoms with Gasteiger partial charge in [0, 0.05) is 29.9 Å². The van der Waals surface area contributed by atoms with E-state index in [9.17, 15) is 13.2 Å². The Morgan fingerprint density at radius 2 is 2.05 bits per heavy atom. The summed E-state index contributed by atoms with van der Waals surface area (Å²) in [7, 11) is -0.875. The van der Waals surface area contributed by atoms with Crippen LogP contribution in [0.15, 0.2) is 12.1 Å². The number of ether oxygens (including phenoxy) is 1. The number of thiophene rings is 1.